The zero-order valence-corrected chi connectivity index (χ0v) is 12.3. The van der Waals surface area contributed by atoms with Crippen LogP contribution in [0, 0.1) is 0 Å². The zero-order chi connectivity index (χ0) is 15.7. The van der Waals surface area contributed by atoms with Crippen molar-refractivity contribution in [3.63, 3.8) is 0 Å². The molecule has 1 saturated heterocycles. The van der Waals surface area contributed by atoms with E-state index in [4.69, 9.17) is 10.5 Å². The Hall–Kier alpha value is -2.61. The number of phenols is 1. The summed E-state index contributed by atoms with van der Waals surface area (Å²) in [5.74, 6) is -0.860. The lowest BCUT2D eigenvalue weighted by atomic mass is 10.1. The van der Waals surface area contributed by atoms with E-state index in [1.807, 2.05) is 5.38 Å². The molecule has 3 rings (SSSR count). The highest BCUT2D eigenvalue weighted by atomic mass is 32.1. The second-order valence-electron chi connectivity index (χ2n) is 4.76. The van der Waals surface area contributed by atoms with Crippen molar-refractivity contribution in [3.8, 4) is 17.0 Å². The molecule has 0 unspecified atom stereocenters. The molecule has 0 bridgehead atoms. The molecular weight excluding hydrogens is 306 g/mol. The molecule has 114 valence electrons. The maximum atomic E-state index is 11.4. The Morgan fingerprint density at radius 1 is 1.50 bits per heavy atom. The number of primary amides is 1. The molecule has 3 N–H and O–H groups in total. The maximum Gasteiger partial charge on any atom is 0.410 e. The summed E-state index contributed by atoms with van der Waals surface area (Å²) in [6.07, 6.45) is -0.336. The van der Waals surface area contributed by atoms with Crippen LogP contribution >= 0.6 is 11.3 Å². The average Bonchev–Trinajstić information content (AvgIpc) is 3.10. The Morgan fingerprint density at radius 3 is 3.00 bits per heavy atom. The van der Waals surface area contributed by atoms with Gasteiger partial charge < -0.3 is 15.6 Å². The van der Waals surface area contributed by atoms with Gasteiger partial charge in [-0.15, -0.1) is 11.3 Å². The van der Waals surface area contributed by atoms with E-state index in [2.05, 4.69) is 4.98 Å². The highest BCUT2D eigenvalue weighted by Gasteiger charge is 2.23. The van der Waals surface area contributed by atoms with Gasteiger partial charge in [-0.2, -0.15) is 0 Å². The number of carbonyl (C=O) groups excluding carboxylic acids is 2. The quantitative estimate of drug-likeness (QED) is 0.889. The van der Waals surface area contributed by atoms with Crippen molar-refractivity contribution >= 4 is 23.3 Å². The van der Waals surface area contributed by atoms with E-state index in [0.29, 0.717) is 31.0 Å². The van der Waals surface area contributed by atoms with Crippen molar-refractivity contribution < 1.29 is 19.4 Å². The Balaban J connectivity index is 1.83. The number of amides is 2. The molecule has 0 atom stereocenters. The number of benzene rings is 1. The summed E-state index contributed by atoms with van der Waals surface area (Å²) in [4.78, 5) is 28.7. The standard InChI is InChI=1S/C14H13N3O4S/c15-13(19)9-5-8(1-2-11(9)18)10-7-22-12(16-10)6-17-3-4-21-14(17)20/h1-2,5,7,18H,3-4,6H2,(H2,15,19). The van der Waals surface area contributed by atoms with Gasteiger partial charge in [0.25, 0.3) is 5.91 Å². The van der Waals surface area contributed by atoms with E-state index in [1.54, 1.807) is 11.0 Å². The van der Waals surface area contributed by atoms with Crippen molar-refractivity contribution in [2.45, 2.75) is 6.54 Å². The van der Waals surface area contributed by atoms with Crippen molar-refractivity contribution in [2.75, 3.05) is 13.2 Å². The van der Waals surface area contributed by atoms with Gasteiger partial charge in [-0.05, 0) is 18.2 Å². The number of hydrogen-bond acceptors (Lipinski definition) is 6. The molecule has 8 heteroatoms. The molecule has 22 heavy (non-hydrogen) atoms. The Kier molecular flexibility index (Phi) is 3.68. The topological polar surface area (TPSA) is 106 Å². The molecule has 1 fully saturated rings. The van der Waals surface area contributed by atoms with Crippen LogP contribution in [0.1, 0.15) is 15.4 Å². The fourth-order valence-corrected chi connectivity index (χ4v) is 2.96. The number of nitrogens with zero attached hydrogens (tertiary/aromatic N) is 2. The molecule has 1 aromatic heterocycles. The highest BCUT2D eigenvalue weighted by Crippen LogP contribution is 2.27. The molecule has 2 heterocycles. The summed E-state index contributed by atoms with van der Waals surface area (Å²) in [6, 6.07) is 4.57. The number of aromatic hydroxyl groups is 1. The van der Waals surface area contributed by atoms with Gasteiger partial charge in [-0.25, -0.2) is 9.78 Å². The lowest BCUT2D eigenvalue weighted by Crippen LogP contribution is -2.23. The first kappa shape index (κ1) is 14.3. The van der Waals surface area contributed by atoms with E-state index in [9.17, 15) is 14.7 Å². The van der Waals surface area contributed by atoms with Crippen LogP contribution in [-0.4, -0.2) is 40.1 Å². The van der Waals surface area contributed by atoms with Crippen LogP contribution in [0.3, 0.4) is 0 Å². The SMILES string of the molecule is NC(=O)c1cc(-c2csc(CN3CCOC3=O)n2)ccc1O. The van der Waals surface area contributed by atoms with E-state index >= 15 is 0 Å². The lowest BCUT2D eigenvalue weighted by Gasteiger charge is -2.09. The molecule has 2 aromatic rings. The lowest BCUT2D eigenvalue weighted by molar-refractivity contribution is 0.0997. The van der Waals surface area contributed by atoms with Crippen LogP contribution in [0.4, 0.5) is 4.79 Å². The first-order valence-corrected chi connectivity index (χ1v) is 7.42. The Labute approximate surface area is 129 Å². The summed E-state index contributed by atoms with van der Waals surface area (Å²) in [5, 5.41) is 12.2. The smallest absolute Gasteiger partial charge is 0.410 e. The molecule has 0 radical (unpaired) electrons. The third-order valence-electron chi connectivity index (χ3n) is 3.28. The zero-order valence-electron chi connectivity index (χ0n) is 11.5. The third kappa shape index (κ3) is 2.73. The first-order chi connectivity index (χ1) is 10.5. The van der Waals surface area contributed by atoms with Crippen molar-refractivity contribution in [3.05, 3.63) is 34.2 Å². The Bertz CT molecular complexity index is 743. The van der Waals surface area contributed by atoms with E-state index in [1.165, 1.54) is 23.5 Å². The third-order valence-corrected chi connectivity index (χ3v) is 4.11. The average molecular weight is 319 g/mol. The fraction of sp³-hybridized carbons (Fsp3) is 0.214. The number of nitrogens with two attached hydrogens (primary N) is 1. The summed E-state index contributed by atoms with van der Waals surface area (Å²) in [7, 11) is 0. The van der Waals surface area contributed by atoms with Gasteiger partial charge in [0.2, 0.25) is 0 Å². The van der Waals surface area contributed by atoms with Gasteiger partial charge in [-0.1, -0.05) is 0 Å². The summed E-state index contributed by atoms with van der Waals surface area (Å²) < 4.78 is 4.87. The minimum absolute atomic E-state index is 0.0511. The van der Waals surface area contributed by atoms with E-state index in [-0.39, 0.29) is 17.4 Å². The number of hydrogen-bond donors (Lipinski definition) is 2. The summed E-state index contributed by atoms with van der Waals surface area (Å²) in [5.41, 5.74) is 6.61. The molecule has 2 amide bonds. The van der Waals surface area contributed by atoms with Gasteiger partial charge in [0, 0.05) is 10.9 Å². The number of thiazole rings is 1. The first-order valence-electron chi connectivity index (χ1n) is 6.54. The molecule has 0 spiro atoms. The molecule has 1 aliphatic rings. The minimum atomic E-state index is -0.699. The van der Waals surface area contributed by atoms with Crippen LogP contribution < -0.4 is 5.73 Å². The van der Waals surface area contributed by atoms with Gasteiger partial charge in [0.15, 0.2) is 0 Å². The normalized spacial score (nSPS) is 14.2. The van der Waals surface area contributed by atoms with E-state index < -0.39 is 5.91 Å². The van der Waals surface area contributed by atoms with Crippen LogP contribution in [0.25, 0.3) is 11.3 Å². The second-order valence-corrected chi connectivity index (χ2v) is 5.70. The molecular formula is C14H13N3O4S. The van der Waals surface area contributed by atoms with Crippen LogP contribution in [0.15, 0.2) is 23.6 Å². The number of rotatable bonds is 4. The number of cyclic esters (lactones) is 1. The molecule has 1 aromatic carbocycles. The highest BCUT2D eigenvalue weighted by molar-refractivity contribution is 7.09. The van der Waals surface area contributed by atoms with Crippen molar-refractivity contribution in [1.82, 2.24) is 9.88 Å². The number of ether oxygens (including phenoxy) is 1. The van der Waals surface area contributed by atoms with Crippen LogP contribution in [0.5, 0.6) is 5.75 Å². The number of aromatic nitrogens is 1. The molecule has 1 aliphatic heterocycles. The maximum absolute atomic E-state index is 11.4. The molecule has 0 aliphatic carbocycles. The van der Waals surface area contributed by atoms with Crippen LogP contribution in [0.2, 0.25) is 0 Å². The van der Waals surface area contributed by atoms with E-state index in [0.717, 1.165) is 5.01 Å². The fourth-order valence-electron chi connectivity index (χ4n) is 2.14. The largest absolute Gasteiger partial charge is 0.507 e. The predicted molar refractivity (Wildman–Crippen MR) is 79.5 cm³/mol. The summed E-state index contributed by atoms with van der Waals surface area (Å²) >= 11 is 1.41. The van der Waals surface area contributed by atoms with Gasteiger partial charge >= 0.3 is 6.09 Å². The molecule has 7 nitrogen and oxygen atoms in total. The van der Waals surface area contributed by atoms with Crippen molar-refractivity contribution in [2.24, 2.45) is 5.73 Å². The van der Waals surface area contributed by atoms with Gasteiger partial charge in [0.05, 0.1) is 24.3 Å². The van der Waals surface area contributed by atoms with Gasteiger partial charge in [0.1, 0.15) is 17.4 Å². The second kappa shape index (κ2) is 5.64. The van der Waals surface area contributed by atoms with Crippen LogP contribution in [-0.2, 0) is 11.3 Å². The van der Waals surface area contributed by atoms with Gasteiger partial charge in [-0.3, -0.25) is 9.69 Å². The monoisotopic (exact) mass is 319 g/mol. The molecule has 0 saturated carbocycles. The minimum Gasteiger partial charge on any atom is -0.507 e. The number of carbonyl (C=O) groups is 2. The van der Waals surface area contributed by atoms with Crippen molar-refractivity contribution in [1.29, 1.82) is 0 Å². The Morgan fingerprint density at radius 2 is 2.32 bits per heavy atom. The predicted octanol–water partition coefficient (Wildman–Crippen LogP) is 1.57. The summed E-state index contributed by atoms with van der Waals surface area (Å²) in [6.45, 7) is 1.35.